The highest BCUT2D eigenvalue weighted by Gasteiger charge is 2.35. The van der Waals surface area contributed by atoms with Crippen LogP contribution in [0, 0.1) is 6.92 Å². The van der Waals surface area contributed by atoms with E-state index in [2.05, 4.69) is 5.32 Å². The lowest BCUT2D eigenvalue weighted by molar-refractivity contribution is -0.140. The highest BCUT2D eigenvalue weighted by Crippen LogP contribution is 2.29. The smallest absolute Gasteiger partial charge is 0.264 e. The number of hydrogen-bond acceptors (Lipinski definition) is 4. The van der Waals surface area contributed by atoms with Crippen LogP contribution in [0.1, 0.15) is 42.5 Å². The van der Waals surface area contributed by atoms with Crippen LogP contribution in [0.2, 0.25) is 5.02 Å². The third kappa shape index (κ3) is 8.74. The van der Waals surface area contributed by atoms with Crippen LogP contribution in [0.25, 0.3) is 0 Å². The number of halogens is 1. The zero-order valence-electron chi connectivity index (χ0n) is 25.9. The first-order chi connectivity index (χ1) is 21.6. The van der Waals surface area contributed by atoms with E-state index in [1.165, 1.54) is 9.21 Å². The molecule has 0 aliphatic heterocycles. The van der Waals surface area contributed by atoms with Crippen molar-refractivity contribution in [3.8, 4) is 0 Å². The summed E-state index contributed by atoms with van der Waals surface area (Å²) in [5.74, 6) is -0.802. The van der Waals surface area contributed by atoms with Crippen molar-refractivity contribution in [2.24, 2.45) is 0 Å². The zero-order chi connectivity index (χ0) is 32.4. The average molecular weight is 646 g/mol. The molecule has 1 unspecified atom stereocenters. The molecular formula is C36H40ClN3O4S. The van der Waals surface area contributed by atoms with Gasteiger partial charge in [0.15, 0.2) is 0 Å². The molecule has 7 nitrogen and oxygen atoms in total. The first-order valence-electron chi connectivity index (χ1n) is 15.2. The fourth-order valence-corrected chi connectivity index (χ4v) is 6.69. The van der Waals surface area contributed by atoms with Gasteiger partial charge in [-0.25, -0.2) is 8.42 Å². The topological polar surface area (TPSA) is 86.8 Å². The molecule has 4 aromatic carbocycles. The molecule has 4 rings (SSSR count). The van der Waals surface area contributed by atoms with Gasteiger partial charge in [0.25, 0.3) is 10.0 Å². The van der Waals surface area contributed by atoms with Crippen LogP contribution in [0.3, 0.4) is 0 Å². The first kappa shape index (κ1) is 33.7. The molecule has 0 spiro atoms. The van der Waals surface area contributed by atoms with E-state index in [-0.39, 0.29) is 23.8 Å². The number of anilines is 1. The molecular weight excluding hydrogens is 606 g/mol. The summed E-state index contributed by atoms with van der Waals surface area (Å²) >= 11 is 6.15. The molecule has 1 atom stereocenters. The van der Waals surface area contributed by atoms with E-state index in [0.29, 0.717) is 23.7 Å². The fraction of sp³-hybridized carbons (Fsp3) is 0.278. The van der Waals surface area contributed by atoms with Crippen LogP contribution in [0.4, 0.5) is 5.69 Å². The normalized spacial score (nSPS) is 11.9. The summed E-state index contributed by atoms with van der Waals surface area (Å²) < 4.78 is 29.7. The van der Waals surface area contributed by atoms with Crippen LogP contribution in [0.15, 0.2) is 108 Å². The van der Waals surface area contributed by atoms with E-state index >= 15 is 0 Å². The van der Waals surface area contributed by atoms with Gasteiger partial charge in [-0.3, -0.25) is 13.9 Å². The predicted molar refractivity (Wildman–Crippen MR) is 181 cm³/mol. The predicted octanol–water partition coefficient (Wildman–Crippen LogP) is 6.57. The van der Waals surface area contributed by atoms with Crippen molar-refractivity contribution >= 4 is 39.1 Å². The van der Waals surface area contributed by atoms with Crippen molar-refractivity contribution in [2.75, 3.05) is 17.4 Å². The van der Waals surface area contributed by atoms with Crippen LogP contribution < -0.4 is 9.62 Å². The molecule has 0 heterocycles. The van der Waals surface area contributed by atoms with Crippen molar-refractivity contribution in [2.45, 2.75) is 57.5 Å². The van der Waals surface area contributed by atoms with Crippen LogP contribution in [-0.2, 0) is 39.0 Å². The number of aryl methyl sites for hydroxylation is 2. The van der Waals surface area contributed by atoms with Crippen molar-refractivity contribution in [3.05, 3.63) is 130 Å². The largest absolute Gasteiger partial charge is 0.354 e. The van der Waals surface area contributed by atoms with E-state index in [1.807, 2.05) is 63.2 Å². The first-order valence-corrected chi connectivity index (χ1v) is 17.0. The SMILES string of the molecule is CCCNC(=O)C(Cc1ccccc1)N(Cc1ccc(Cl)cc1)C(=O)CN(c1ccccc1CC)S(=O)(=O)c1ccc(C)cc1. The maximum absolute atomic E-state index is 14.6. The molecule has 0 bridgehead atoms. The molecule has 45 heavy (non-hydrogen) atoms. The quantitative estimate of drug-likeness (QED) is 0.168. The maximum Gasteiger partial charge on any atom is 0.264 e. The molecule has 0 saturated heterocycles. The van der Waals surface area contributed by atoms with Gasteiger partial charge in [0, 0.05) is 24.5 Å². The molecule has 236 valence electrons. The highest BCUT2D eigenvalue weighted by molar-refractivity contribution is 7.92. The number of para-hydroxylation sites is 1. The van der Waals surface area contributed by atoms with Crippen molar-refractivity contribution < 1.29 is 18.0 Å². The molecule has 0 aliphatic rings. The number of amides is 2. The summed E-state index contributed by atoms with van der Waals surface area (Å²) in [5, 5.41) is 3.51. The van der Waals surface area contributed by atoms with Gasteiger partial charge in [0.1, 0.15) is 12.6 Å². The molecule has 4 aromatic rings. The summed E-state index contributed by atoms with van der Waals surface area (Å²) in [7, 11) is -4.16. The molecule has 0 fully saturated rings. The molecule has 0 saturated carbocycles. The zero-order valence-corrected chi connectivity index (χ0v) is 27.5. The summed E-state index contributed by atoms with van der Waals surface area (Å²) in [5.41, 5.74) is 3.77. The van der Waals surface area contributed by atoms with Crippen molar-refractivity contribution in [3.63, 3.8) is 0 Å². The van der Waals surface area contributed by atoms with Crippen molar-refractivity contribution in [1.29, 1.82) is 0 Å². The minimum atomic E-state index is -4.16. The van der Waals surface area contributed by atoms with E-state index in [1.54, 1.807) is 60.7 Å². The van der Waals surface area contributed by atoms with Gasteiger partial charge in [0.05, 0.1) is 10.6 Å². The number of hydrogen-bond donors (Lipinski definition) is 1. The summed E-state index contributed by atoms with van der Waals surface area (Å²) in [6.45, 7) is 5.83. The van der Waals surface area contributed by atoms with Gasteiger partial charge in [-0.05, 0) is 66.8 Å². The third-order valence-corrected chi connectivity index (χ3v) is 9.64. The fourth-order valence-electron chi connectivity index (χ4n) is 5.11. The Morgan fingerprint density at radius 3 is 2.11 bits per heavy atom. The van der Waals surface area contributed by atoms with Crippen LogP contribution in [0.5, 0.6) is 0 Å². The summed E-state index contributed by atoms with van der Waals surface area (Å²) in [4.78, 5) is 29.9. The minimum Gasteiger partial charge on any atom is -0.354 e. The summed E-state index contributed by atoms with van der Waals surface area (Å²) in [6.07, 6.45) is 1.55. The van der Waals surface area contributed by atoms with Gasteiger partial charge >= 0.3 is 0 Å². The van der Waals surface area contributed by atoms with E-state index in [4.69, 9.17) is 11.6 Å². The van der Waals surface area contributed by atoms with Gasteiger partial charge < -0.3 is 10.2 Å². The molecule has 2 amide bonds. The Hall–Kier alpha value is -4.14. The molecule has 1 N–H and O–H groups in total. The van der Waals surface area contributed by atoms with Gasteiger partial charge in [0.2, 0.25) is 11.8 Å². The maximum atomic E-state index is 14.6. The second kappa shape index (κ2) is 15.7. The number of sulfonamides is 1. The number of benzene rings is 4. The third-order valence-electron chi connectivity index (χ3n) is 7.62. The number of carbonyl (C=O) groups excluding carboxylic acids is 2. The average Bonchev–Trinajstić information content (AvgIpc) is 3.05. The van der Waals surface area contributed by atoms with Gasteiger partial charge in [-0.1, -0.05) is 104 Å². The van der Waals surface area contributed by atoms with Crippen LogP contribution in [-0.4, -0.2) is 44.3 Å². The lowest BCUT2D eigenvalue weighted by Crippen LogP contribution is -2.53. The number of carbonyl (C=O) groups is 2. The standard InChI is InChI=1S/C36H40ClN3O4S/c1-4-23-38-36(42)34(24-28-11-7-6-8-12-28)39(25-29-17-19-31(37)20-18-29)35(41)26-40(33-14-10-9-13-30(33)5-2)45(43,44)32-21-15-27(3)16-22-32/h6-22,34H,4-5,23-26H2,1-3H3,(H,38,42). The van der Waals surface area contributed by atoms with E-state index in [9.17, 15) is 18.0 Å². The monoisotopic (exact) mass is 645 g/mol. The number of nitrogens with one attached hydrogen (secondary N) is 1. The molecule has 9 heteroatoms. The Bertz CT molecular complexity index is 1680. The van der Waals surface area contributed by atoms with Crippen molar-refractivity contribution in [1.82, 2.24) is 10.2 Å². The Balaban J connectivity index is 1.82. The molecule has 0 radical (unpaired) electrons. The molecule has 0 aliphatic carbocycles. The van der Waals surface area contributed by atoms with Crippen LogP contribution >= 0.6 is 11.6 Å². The highest BCUT2D eigenvalue weighted by atomic mass is 35.5. The van der Waals surface area contributed by atoms with Gasteiger partial charge in [-0.15, -0.1) is 0 Å². The Kier molecular flexibility index (Phi) is 11.8. The Morgan fingerprint density at radius 1 is 0.822 bits per heavy atom. The van der Waals surface area contributed by atoms with E-state index in [0.717, 1.165) is 28.7 Å². The van der Waals surface area contributed by atoms with Gasteiger partial charge in [-0.2, -0.15) is 0 Å². The minimum absolute atomic E-state index is 0.0811. The molecule has 0 aromatic heterocycles. The second-order valence-corrected chi connectivity index (χ2v) is 13.3. The lowest BCUT2D eigenvalue weighted by Gasteiger charge is -2.34. The van der Waals surface area contributed by atoms with E-state index < -0.39 is 28.5 Å². The lowest BCUT2D eigenvalue weighted by atomic mass is 10.0. The Morgan fingerprint density at radius 2 is 1.47 bits per heavy atom. The second-order valence-electron chi connectivity index (χ2n) is 11.0. The number of nitrogens with zero attached hydrogens (tertiary/aromatic N) is 2. The Labute approximate surface area is 271 Å². The summed E-state index contributed by atoms with van der Waals surface area (Å²) in [6, 6.07) is 29.4. The number of rotatable bonds is 14.